The highest BCUT2D eigenvalue weighted by Crippen LogP contribution is 2.34. The van der Waals surface area contributed by atoms with Crippen LogP contribution in [0.4, 0.5) is 0 Å². The molecule has 5 nitrogen and oxygen atoms in total. The number of hydrazone groups is 1. The lowest BCUT2D eigenvalue weighted by molar-refractivity contribution is -0.130. The Bertz CT molecular complexity index is 1010. The Morgan fingerprint density at radius 2 is 2.03 bits per heavy atom. The molecular weight excluding hydrogens is 384 g/mol. The molecule has 2 heterocycles. The third kappa shape index (κ3) is 4.38. The number of aryl methyl sites for hydroxylation is 1. The third-order valence-corrected chi connectivity index (χ3v) is 5.80. The van der Waals surface area contributed by atoms with Crippen molar-refractivity contribution < 1.29 is 13.9 Å². The molecule has 0 radical (unpaired) electrons. The van der Waals surface area contributed by atoms with Crippen LogP contribution in [0.3, 0.4) is 0 Å². The molecule has 1 aromatic heterocycles. The second-order valence-corrected chi connectivity index (χ2v) is 7.90. The highest BCUT2D eigenvalue weighted by atomic mass is 32.2. The second kappa shape index (κ2) is 8.57. The van der Waals surface area contributed by atoms with Crippen LogP contribution >= 0.6 is 11.8 Å². The van der Waals surface area contributed by atoms with Gasteiger partial charge in [-0.25, -0.2) is 5.01 Å². The van der Waals surface area contributed by atoms with Gasteiger partial charge in [0.15, 0.2) is 0 Å². The topological polar surface area (TPSA) is 55.0 Å². The molecule has 0 N–H and O–H groups in total. The Hall–Kier alpha value is -2.99. The van der Waals surface area contributed by atoms with Gasteiger partial charge in [-0.05, 0) is 42.8 Å². The molecule has 3 aromatic rings. The number of nitrogens with zero attached hydrogens (tertiary/aromatic N) is 2. The van der Waals surface area contributed by atoms with E-state index in [-0.39, 0.29) is 17.7 Å². The van der Waals surface area contributed by atoms with Crippen LogP contribution in [0.25, 0.3) is 0 Å². The van der Waals surface area contributed by atoms with Crippen molar-refractivity contribution in [2.45, 2.75) is 24.3 Å². The largest absolute Gasteiger partial charge is 0.497 e. The van der Waals surface area contributed by atoms with Gasteiger partial charge in [0.1, 0.15) is 17.6 Å². The Morgan fingerprint density at radius 1 is 1.21 bits per heavy atom. The number of carbonyl (C=O) groups is 1. The van der Waals surface area contributed by atoms with Gasteiger partial charge in [-0.15, -0.1) is 11.8 Å². The number of rotatable bonds is 6. The summed E-state index contributed by atoms with van der Waals surface area (Å²) in [4.78, 5) is 14.0. The average Bonchev–Trinajstić information content (AvgIpc) is 3.42. The summed E-state index contributed by atoms with van der Waals surface area (Å²) in [6.45, 7) is 2.05. The molecule has 0 saturated carbocycles. The number of ether oxygens (including phenoxy) is 1. The van der Waals surface area contributed by atoms with Gasteiger partial charge in [0.25, 0.3) is 5.91 Å². The van der Waals surface area contributed by atoms with Gasteiger partial charge in [0.2, 0.25) is 0 Å². The van der Waals surface area contributed by atoms with Crippen LogP contribution in [0.2, 0.25) is 0 Å². The molecule has 6 heteroatoms. The number of hydrogen-bond donors (Lipinski definition) is 0. The van der Waals surface area contributed by atoms with E-state index in [9.17, 15) is 4.79 Å². The molecule has 4 rings (SSSR count). The van der Waals surface area contributed by atoms with Crippen molar-refractivity contribution >= 4 is 23.4 Å². The predicted molar refractivity (Wildman–Crippen MR) is 114 cm³/mol. The second-order valence-electron chi connectivity index (χ2n) is 6.85. The molecule has 0 spiro atoms. The number of amides is 1. The predicted octanol–water partition coefficient (Wildman–Crippen LogP) is 5.07. The van der Waals surface area contributed by atoms with Crippen molar-refractivity contribution in [3.05, 3.63) is 83.8 Å². The monoisotopic (exact) mass is 406 g/mol. The number of furan rings is 1. The minimum absolute atomic E-state index is 0.0543. The fraction of sp³-hybridized carbons (Fsp3) is 0.217. The van der Waals surface area contributed by atoms with Crippen LogP contribution < -0.4 is 4.74 Å². The number of carbonyl (C=O) groups excluding carboxylic acids is 1. The standard InChI is InChI=1S/C23H22N2O3S/c1-16-8-10-17(11-9-16)20-14-21(22-7-4-12-28-22)25(24-20)23(26)15-29-19-6-3-5-18(13-19)27-2/h3-13,21H,14-15H2,1-2H3. The number of hydrogen-bond acceptors (Lipinski definition) is 5. The third-order valence-electron chi connectivity index (χ3n) is 4.83. The van der Waals surface area contributed by atoms with E-state index < -0.39 is 0 Å². The lowest BCUT2D eigenvalue weighted by atomic mass is 10.0. The number of thioether (sulfide) groups is 1. The Labute approximate surface area is 174 Å². The SMILES string of the molecule is COc1cccc(SCC(=O)N2N=C(c3ccc(C)cc3)CC2c2ccco2)c1. The van der Waals surface area contributed by atoms with Gasteiger partial charge in [-0.3, -0.25) is 4.79 Å². The summed E-state index contributed by atoms with van der Waals surface area (Å²) in [6.07, 6.45) is 2.26. The van der Waals surface area contributed by atoms with Crippen LogP contribution in [0.5, 0.6) is 5.75 Å². The molecule has 0 aliphatic carbocycles. The summed E-state index contributed by atoms with van der Waals surface area (Å²) in [5.74, 6) is 1.75. The maximum absolute atomic E-state index is 13.0. The summed E-state index contributed by atoms with van der Waals surface area (Å²) in [5.41, 5.74) is 3.12. The van der Waals surface area contributed by atoms with Gasteiger partial charge in [0.05, 0.1) is 24.8 Å². The average molecular weight is 407 g/mol. The highest BCUT2D eigenvalue weighted by Gasteiger charge is 2.34. The first-order chi connectivity index (χ1) is 14.1. The molecule has 0 bridgehead atoms. The van der Waals surface area contributed by atoms with Crippen LogP contribution in [0, 0.1) is 6.92 Å². The Morgan fingerprint density at radius 3 is 2.76 bits per heavy atom. The van der Waals surface area contributed by atoms with E-state index >= 15 is 0 Å². The molecule has 0 fully saturated rings. The molecule has 1 unspecified atom stereocenters. The van der Waals surface area contributed by atoms with Crippen molar-refractivity contribution in [1.82, 2.24) is 5.01 Å². The number of methoxy groups -OCH3 is 1. The molecule has 1 aliphatic rings. The van der Waals surface area contributed by atoms with Crippen LogP contribution in [-0.4, -0.2) is 29.5 Å². The zero-order valence-electron chi connectivity index (χ0n) is 16.4. The zero-order chi connectivity index (χ0) is 20.2. The van der Waals surface area contributed by atoms with E-state index in [0.717, 1.165) is 27.7 Å². The fourth-order valence-corrected chi connectivity index (χ4v) is 4.06. The first kappa shape index (κ1) is 19.3. The van der Waals surface area contributed by atoms with Crippen molar-refractivity contribution in [2.24, 2.45) is 5.10 Å². The molecule has 1 aliphatic heterocycles. The van der Waals surface area contributed by atoms with Crippen molar-refractivity contribution in [2.75, 3.05) is 12.9 Å². The minimum Gasteiger partial charge on any atom is -0.497 e. The summed E-state index contributed by atoms with van der Waals surface area (Å²) in [5, 5.41) is 6.24. The zero-order valence-corrected chi connectivity index (χ0v) is 17.2. The summed E-state index contributed by atoms with van der Waals surface area (Å²) in [7, 11) is 1.63. The quantitative estimate of drug-likeness (QED) is 0.537. The molecule has 0 saturated heterocycles. The Balaban J connectivity index is 1.54. The fourth-order valence-electron chi connectivity index (χ4n) is 3.27. The number of benzene rings is 2. The first-order valence-corrected chi connectivity index (χ1v) is 10.4. The van der Waals surface area contributed by atoms with E-state index in [2.05, 4.69) is 24.2 Å². The molecular formula is C23H22N2O3S. The maximum Gasteiger partial charge on any atom is 0.253 e. The smallest absolute Gasteiger partial charge is 0.253 e. The van der Waals surface area contributed by atoms with E-state index in [1.54, 1.807) is 18.4 Å². The van der Waals surface area contributed by atoms with E-state index in [4.69, 9.17) is 9.15 Å². The van der Waals surface area contributed by atoms with E-state index in [1.807, 2.05) is 48.5 Å². The normalized spacial score (nSPS) is 16.0. The van der Waals surface area contributed by atoms with Crippen LogP contribution in [0.15, 0.2) is 81.3 Å². The van der Waals surface area contributed by atoms with Crippen molar-refractivity contribution in [1.29, 1.82) is 0 Å². The lowest BCUT2D eigenvalue weighted by Gasteiger charge is -2.19. The summed E-state index contributed by atoms with van der Waals surface area (Å²) in [6, 6.07) is 19.4. The molecule has 2 aromatic carbocycles. The van der Waals surface area contributed by atoms with Crippen molar-refractivity contribution in [3.63, 3.8) is 0 Å². The Kier molecular flexibility index (Phi) is 5.71. The van der Waals surface area contributed by atoms with Crippen molar-refractivity contribution in [3.8, 4) is 5.75 Å². The molecule has 29 heavy (non-hydrogen) atoms. The van der Waals surface area contributed by atoms with Gasteiger partial charge >= 0.3 is 0 Å². The van der Waals surface area contributed by atoms with Gasteiger partial charge in [-0.1, -0.05) is 35.9 Å². The van der Waals surface area contributed by atoms with Crippen LogP contribution in [0.1, 0.15) is 29.3 Å². The molecule has 1 atom stereocenters. The summed E-state index contributed by atoms with van der Waals surface area (Å²) < 4.78 is 10.9. The van der Waals surface area contributed by atoms with E-state index in [0.29, 0.717) is 6.42 Å². The van der Waals surface area contributed by atoms with Gasteiger partial charge < -0.3 is 9.15 Å². The summed E-state index contributed by atoms with van der Waals surface area (Å²) >= 11 is 1.47. The van der Waals surface area contributed by atoms with Gasteiger partial charge in [-0.2, -0.15) is 5.10 Å². The lowest BCUT2D eigenvalue weighted by Crippen LogP contribution is -2.28. The van der Waals surface area contributed by atoms with E-state index in [1.165, 1.54) is 17.3 Å². The van der Waals surface area contributed by atoms with Gasteiger partial charge in [0, 0.05) is 11.3 Å². The van der Waals surface area contributed by atoms with Crippen LogP contribution in [-0.2, 0) is 4.79 Å². The maximum atomic E-state index is 13.0. The molecule has 148 valence electrons. The molecule has 1 amide bonds. The minimum atomic E-state index is -0.222. The first-order valence-electron chi connectivity index (χ1n) is 9.41. The highest BCUT2D eigenvalue weighted by molar-refractivity contribution is 8.00.